The van der Waals surface area contributed by atoms with Crippen molar-refractivity contribution in [3.63, 3.8) is 0 Å². The summed E-state index contributed by atoms with van der Waals surface area (Å²) in [4.78, 5) is 36.3. The quantitative estimate of drug-likeness (QED) is 0.0229. The molecular formula is C30H37N23O13. The molecule has 0 aliphatic carbocycles. The van der Waals surface area contributed by atoms with Crippen LogP contribution in [0.3, 0.4) is 0 Å². The molecule has 0 amide bonds. The normalized spacial score (nSPS) is 9.59. The number of rotatable bonds is 8. The summed E-state index contributed by atoms with van der Waals surface area (Å²) in [6.45, 7) is 7.04. The lowest BCUT2D eigenvalue weighted by Crippen LogP contribution is -2.36. The van der Waals surface area contributed by atoms with Crippen molar-refractivity contribution >= 4 is 75.1 Å². The number of hydrogen-bond acceptors (Lipinski definition) is 33. The first-order valence-corrected chi connectivity index (χ1v) is 16.5. The number of ketones is 1. The highest BCUT2D eigenvalue weighted by Crippen LogP contribution is 2.23. The minimum atomic E-state index is -0.553. The molecule has 4 aromatic rings. The number of aryl methyl sites for hydroxylation is 1. The molecule has 36 nitrogen and oxygen atoms in total. The fourth-order valence-corrected chi connectivity index (χ4v) is 2.96. The molecule has 0 spiro atoms. The number of ether oxygens (including phenoxy) is 2. The molecular weight excluding hydrogens is 890 g/mol. The molecule has 0 saturated carbocycles. The molecule has 4 heterocycles. The summed E-state index contributed by atoms with van der Waals surface area (Å²) in [6, 6.07) is 7.68. The molecule has 0 saturated heterocycles. The van der Waals surface area contributed by atoms with Crippen molar-refractivity contribution in [2.75, 3.05) is 30.4 Å². The van der Waals surface area contributed by atoms with Crippen LogP contribution in [-0.4, -0.2) is 122 Å². The predicted molar refractivity (Wildman–Crippen MR) is 214 cm³/mol. The molecule has 66 heavy (non-hydrogen) atoms. The standard InChI is InChI=1S/C9H10N4O3.C6H10O3.C3H7N5O3.C3H5N5O2.C3H2N4O.C3HN3O.C3H2N2/c1-3-15-9(14)5-4(2)11-8-7(6(5)10)12-16-13-8;1-3-9-6(8)4-5(2)7;4-2(7-10)1(6-9)3(5)8-11;4-2(6-9)1-3(5)8-10-7-1;4-1-2-3(5)7-8-6-2;4-1-3(2-5)6-7;4-2-1-3-5/h3,10H2,1-2H3;3-4H2,1-2H3;9-11H,(H2,4,7)(H2,5,8);9H,(H2,4,6)(H2,5,8);(H2,5,7);7H;1H2. The van der Waals surface area contributed by atoms with E-state index in [1.807, 2.05) is 0 Å². The maximum Gasteiger partial charge on any atom is 0.342 e. The average Bonchev–Trinajstić information content (AvgIpc) is 4.07. The van der Waals surface area contributed by atoms with Gasteiger partial charge in [-0.3, -0.25) is 9.59 Å². The van der Waals surface area contributed by atoms with E-state index >= 15 is 0 Å². The predicted octanol–water partition coefficient (Wildman–Crippen LogP) is -1.92. The number of nitrogens with zero attached hydrogens (tertiary/aromatic N) is 17. The summed E-state index contributed by atoms with van der Waals surface area (Å²) in [7, 11) is 0. The summed E-state index contributed by atoms with van der Waals surface area (Å²) < 4.78 is 22.1. The fraction of sp³-hybridized carbons (Fsp3) is 0.267. The monoisotopic (exact) mass is 927 g/mol. The van der Waals surface area contributed by atoms with E-state index in [2.05, 4.69) is 80.3 Å². The van der Waals surface area contributed by atoms with Gasteiger partial charge in [-0.15, -0.1) is 0 Å². The number of hydrogen-bond donors (Lipinski definition) is 11. The van der Waals surface area contributed by atoms with E-state index in [4.69, 9.17) is 91.5 Å². The van der Waals surface area contributed by atoms with Crippen LogP contribution in [0.1, 0.15) is 61.1 Å². The molecule has 0 unspecified atom stereocenters. The molecule has 4 rings (SSSR count). The van der Waals surface area contributed by atoms with E-state index < -0.39 is 35.0 Å². The van der Waals surface area contributed by atoms with Crippen molar-refractivity contribution in [2.24, 2.45) is 43.0 Å². The molecule has 4 aromatic heterocycles. The lowest BCUT2D eigenvalue weighted by atomic mass is 10.1. The van der Waals surface area contributed by atoms with E-state index in [-0.39, 0.29) is 76.5 Å². The summed E-state index contributed by atoms with van der Waals surface area (Å²) in [5.41, 5.74) is 31.4. The summed E-state index contributed by atoms with van der Waals surface area (Å²) >= 11 is 0. The maximum atomic E-state index is 11.6. The van der Waals surface area contributed by atoms with Gasteiger partial charge in [-0.1, -0.05) is 25.8 Å². The van der Waals surface area contributed by atoms with E-state index in [9.17, 15) is 14.4 Å². The van der Waals surface area contributed by atoms with Gasteiger partial charge in [0.25, 0.3) is 5.71 Å². The number of amidine groups is 3. The number of oxime groups is 5. The Balaban J connectivity index is -0.000000722. The zero-order chi connectivity index (χ0) is 51.2. The van der Waals surface area contributed by atoms with Gasteiger partial charge >= 0.3 is 11.9 Å². The third kappa shape index (κ3) is 23.0. The van der Waals surface area contributed by atoms with Crippen molar-refractivity contribution in [1.82, 2.24) is 35.9 Å². The van der Waals surface area contributed by atoms with Crippen molar-refractivity contribution in [1.29, 1.82) is 26.3 Å². The van der Waals surface area contributed by atoms with Crippen molar-refractivity contribution in [3.8, 4) is 30.3 Å². The zero-order valence-electron chi connectivity index (χ0n) is 34.4. The molecule has 0 aliphatic heterocycles. The van der Waals surface area contributed by atoms with Gasteiger partial charge in [-0.2, -0.15) is 26.3 Å². The Morgan fingerprint density at radius 2 is 1.24 bits per heavy atom. The number of fused-ring (bicyclic) bond motifs is 1. The molecule has 0 fully saturated rings. The lowest BCUT2D eigenvalue weighted by molar-refractivity contribution is -0.145. The van der Waals surface area contributed by atoms with Crippen molar-refractivity contribution in [3.05, 3.63) is 22.6 Å². The number of nitriles is 5. The molecule has 0 bridgehead atoms. The summed E-state index contributed by atoms with van der Waals surface area (Å²) in [6.07, 6.45) is -0.103. The number of nitrogens with two attached hydrogens (primary N) is 6. The number of nitrogen functional groups attached to an aromatic ring is 3. The van der Waals surface area contributed by atoms with Crippen LogP contribution in [0.4, 0.5) is 17.3 Å². The number of esters is 2. The van der Waals surface area contributed by atoms with Gasteiger partial charge in [0.2, 0.25) is 17.2 Å². The Kier molecular flexibility index (Phi) is 31.3. The second-order valence-corrected chi connectivity index (χ2v) is 10.0. The molecule has 0 aliphatic rings. The molecule has 17 N–H and O–H groups in total. The van der Waals surface area contributed by atoms with Gasteiger partial charge in [-0.25, -0.2) is 23.7 Å². The number of pyridine rings is 1. The van der Waals surface area contributed by atoms with Crippen LogP contribution < -0.4 is 34.4 Å². The van der Waals surface area contributed by atoms with E-state index in [0.29, 0.717) is 12.3 Å². The second-order valence-electron chi connectivity index (χ2n) is 10.0. The molecule has 0 radical (unpaired) electrons. The third-order valence-electron chi connectivity index (χ3n) is 5.56. The first-order valence-electron chi connectivity index (χ1n) is 16.5. The number of carbonyl (C=O) groups is 3. The Hall–Kier alpha value is -11.0. The van der Waals surface area contributed by atoms with Gasteiger partial charge in [0.05, 0.1) is 36.7 Å². The minimum absolute atomic E-state index is 0. The average molecular weight is 928 g/mol. The Labute approximate surface area is 367 Å². The Bertz CT molecular complexity index is 2490. The number of Topliss-reactive ketones (excluding diaryl/α,β-unsaturated/α-hetero) is 1. The summed E-state index contributed by atoms with van der Waals surface area (Å²) in [5, 5.41) is 111. The van der Waals surface area contributed by atoms with Gasteiger partial charge in [-0.05, 0) is 58.6 Å². The minimum Gasteiger partial charge on any atom is -0.466 e. The molecule has 36 heteroatoms. The van der Waals surface area contributed by atoms with Crippen LogP contribution >= 0.6 is 0 Å². The zero-order valence-corrected chi connectivity index (χ0v) is 34.4. The largest absolute Gasteiger partial charge is 0.466 e. The van der Waals surface area contributed by atoms with Crippen LogP contribution in [-0.2, 0) is 19.1 Å². The topological polar surface area (TPSA) is 637 Å². The number of carbonyl (C=O) groups excluding carboxylic acids is 3. The first-order chi connectivity index (χ1) is 31.3. The van der Waals surface area contributed by atoms with Crippen LogP contribution in [0.5, 0.6) is 0 Å². The van der Waals surface area contributed by atoms with E-state index in [0.717, 1.165) is 0 Å². The smallest absolute Gasteiger partial charge is 0.342 e. The highest BCUT2D eigenvalue weighted by molar-refractivity contribution is 6.66. The van der Waals surface area contributed by atoms with E-state index in [1.165, 1.54) is 19.1 Å². The molecule has 0 atom stereocenters. The Morgan fingerprint density at radius 3 is 1.58 bits per heavy atom. The molecule has 350 valence electrons. The van der Waals surface area contributed by atoms with Crippen LogP contribution in [0.2, 0.25) is 0 Å². The van der Waals surface area contributed by atoms with Crippen molar-refractivity contribution in [2.45, 2.75) is 40.5 Å². The van der Waals surface area contributed by atoms with Gasteiger partial charge in [0.15, 0.2) is 40.2 Å². The lowest BCUT2D eigenvalue weighted by Gasteiger charge is -2.06. The van der Waals surface area contributed by atoms with Gasteiger partial charge in [0, 0.05) is 0 Å². The third-order valence-corrected chi connectivity index (χ3v) is 5.56. The number of aromatic nitrogens is 7. The molecule has 0 aromatic carbocycles. The van der Waals surface area contributed by atoms with E-state index in [1.54, 1.807) is 39.0 Å². The first kappa shape index (κ1) is 59.4. The number of anilines is 3. The maximum absolute atomic E-state index is 11.6. The summed E-state index contributed by atoms with van der Waals surface area (Å²) in [5.74, 6) is -2.42. The van der Waals surface area contributed by atoms with Crippen LogP contribution in [0.15, 0.2) is 39.7 Å². The van der Waals surface area contributed by atoms with Crippen LogP contribution in [0.25, 0.3) is 11.2 Å². The highest BCUT2D eigenvalue weighted by atomic mass is 16.6. The van der Waals surface area contributed by atoms with Crippen LogP contribution in [0, 0.1) is 63.6 Å². The fourth-order valence-electron chi connectivity index (χ4n) is 2.96. The SMILES string of the molecule is CCOC(=O)CC(C)=O.CCOC(=O)c1c(C)nc2nonc2c1N.N#CC(C#N)=NO.N#CCC#N.N#Cc1nonc1N.N/C(=N\O)C(=NO)/C(N)=N/O.N/C(=N\O)c1nonc1N. The Morgan fingerprint density at radius 1 is 0.712 bits per heavy atom. The van der Waals surface area contributed by atoms with Gasteiger partial charge in [0.1, 0.15) is 42.4 Å². The second kappa shape index (κ2) is 34.9. The van der Waals surface area contributed by atoms with Crippen molar-refractivity contribution < 1.29 is 63.8 Å². The van der Waals surface area contributed by atoms with Gasteiger partial charge < -0.3 is 69.9 Å². The highest BCUT2D eigenvalue weighted by Gasteiger charge is 2.21.